The number of benzene rings is 3. The van der Waals surface area contributed by atoms with E-state index in [2.05, 4.69) is 15.4 Å². The van der Waals surface area contributed by atoms with E-state index in [0.717, 1.165) is 22.4 Å². The monoisotopic (exact) mass is 492 g/mol. The minimum absolute atomic E-state index is 0.0308. The van der Waals surface area contributed by atoms with Crippen molar-refractivity contribution in [1.82, 2.24) is 20.3 Å². The standard InChI is InChI=1S/C29H21FN4O3/c30-21-13-11-20(12-14-21)27-22-17-34(16-15-23(22)33-37-27)29(36)25-24(18-7-3-1-4-8-18)26(31-32-28(25)35)19-9-5-2-6-10-19/h1-14H,15-17H2,(H,32,35). The van der Waals surface area contributed by atoms with Crippen LogP contribution in [-0.4, -0.2) is 32.7 Å². The third kappa shape index (κ3) is 4.12. The van der Waals surface area contributed by atoms with Crippen molar-refractivity contribution in [2.24, 2.45) is 0 Å². The number of aromatic amines is 1. The number of carbonyl (C=O) groups excluding carboxylic acids is 1. The first-order chi connectivity index (χ1) is 18.1. The van der Waals surface area contributed by atoms with Gasteiger partial charge >= 0.3 is 0 Å². The average molecular weight is 493 g/mol. The molecule has 0 fully saturated rings. The first-order valence-corrected chi connectivity index (χ1v) is 11.9. The van der Waals surface area contributed by atoms with Crippen LogP contribution in [0.4, 0.5) is 4.39 Å². The van der Waals surface area contributed by atoms with Crippen LogP contribution in [-0.2, 0) is 13.0 Å². The number of hydrogen-bond acceptors (Lipinski definition) is 5. The summed E-state index contributed by atoms with van der Waals surface area (Å²) in [5, 5.41) is 11.0. The van der Waals surface area contributed by atoms with E-state index < -0.39 is 11.5 Å². The first-order valence-electron chi connectivity index (χ1n) is 11.9. The Morgan fingerprint density at radius 3 is 2.27 bits per heavy atom. The van der Waals surface area contributed by atoms with Gasteiger partial charge < -0.3 is 9.42 Å². The highest BCUT2D eigenvalue weighted by Crippen LogP contribution is 2.34. The molecule has 0 aliphatic carbocycles. The van der Waals surface area contributed by atoms with Crippen molar-refractivity contribution in [2.75, 3.05) is 6.54 Å². The molecule has 0 radical (unpaired) electrons. The first kappa shape index (κ1) is 22.6. The summed E-state index contributed by atoms with van der Waals surface area (Å²) in [5.41, 5.74) is 4.15. The Hall–Kier alpha value is -4.85. The highest BCUT2D eigenvalue weighted by Gasteiger charge is 2.32. The molecule has 0 saturated carbocycles. The van der Waals surface area contributed by atoms with E-state index in [1.807, 2.05) is 60.7 Å². The topological polar surface area (TPSA) is 92.1 Å². The molecular formula is C29H21FN4O3. The fourth-order valence-electron chi connectivity index (χ4n) is 4.72. The van der Waals surface area contributed by atoms with Crippen LogP contribution >= 0.6 is 0 Å². The second kappa shape index (κ2) is 9.31. The molecule has 0 spiro atoms. The lowest BCUT2D eigenvalue weighted by Gasteiger charge is -2.27. The molecule has 0 saturated heterocycles. The molecule has 0 bridgehead atoms. The second-order valence-corrected chi connectivity index (χ2v) is 8.80. The number of halogens is 1. The number of fused-ring (bicyclic) bond motifs is 1. The molecule has 1 aliphatic heterocycles. The van der Waals surface area contributed by atoms with Gasteiger partial charge in [-0.15, -0.1) is 0 Å². The van der Waals surface area contributed by atoms with Crippen molar-refractivity contribution in [3.63, 3.8) is 0 Å². The van der Waals surface area contributed by atoms with Gasteiger partial charge in [0.05, 0.1) is 17.9 Å². The fourth-order valence-corrected chi connectivity index (χ4v) is 4.72. The summed E-state index contributed by atoms with van der Waals surface area (Å²) in [4.78, 5) is 28.8. The summed E-state index contributed by atoms with van der Waals surface area (Å²) in [5.74, 6) is -0.269. The van der Waals surface area contributed by atoms with Gasteiger partial charge in [0, 0.05) is 35.2 Å². The lowest BCUT2D eigenvalue weighted by Crippen LogP contribution is -2.39. The Balaban J connectivity index is 1.44. The Bertz CT molecular complexity index is 1640. The molecule has 8 heteroatoms. The number of amides is 1. The van der Waals surface area contributed by atoms with E-state index in [9.17, 15) is 14.0 Å². The quantitative estimate of drug-likeness (QED) is 0.377. The van der Waals surface area contributed by atoms with Crippen LogP contribution in [0.25, 0.3) is 33.7 Å². The molecule has 37 heavy (non-hydrogen) atoms. The van der Waals surface area contributed by atoms with Crippen molar-refractivity contribution >= 4 is 5.91 Å². The minimum atomic E-state index is -0.557. The maximum atomic E-state index is 14.0. The smallest absolute Gasteiger partial charge is 0.277 e. The van der Waals surface area contributed by atoms with E-state index in [-0.39, 0.29) is 17.9 Å². The van der Waals surface area contributed by atoms with Crippen LogP contribution in [0, 0.1) is 5.82 Å². The molecule has 0 unspecified atom stereocenters. The summed E-state index contributed by atoms with van der Waals surface area (Å²) in [7, 11) is 0. The van der Waals surface area contributed by atoms with Crippen molar-refractivity contribution in [2.45, 2.75) is 13.0 Å². The van der Waals surface area contributed by atoms with Gasteiger partial charge in [-0.3, -0.25) is 9.59 Å². The largest absolute Gasteiger partial charge is 0.356 e. The molecule has 7 nitrogen and oxygen atoms in total. The Morgan fingerprint density at radius 2 is 1.57 bits per heavy atom. The minimum Gasteiger partial charge on any atom is -0.356 e. The Morgan fingerprint density at radius 1 is 0.892 bits per heavy atom. The molecule has 3 heterocycles. The Labute approximate surface area is 211 Å². The molecule has 1 aliphatic rings. The zero-order valence-corrected chi connectivity index (χ0v) is 19.6. The van der Waals surface area contributed by atoms with Gasteiger partial charge in [-0.2, -0.15) is 5.10 Å². The highest BCUT2D eigenvalue weighted by molar-refractivity contribution is 6.03. The number of carbonyl (C=O) groups is 1. The maximum absolute atomic E-state index is 14.0. The lowest BCUT2D eigenvalue weighted by molar-refractivity contribution is 0.0733. The van der Waals surface area contributed by atoms with Gasteiger partial charge in [-0.05, 0) is 29.8 Å². The van der Waals surface area contributed by atoms with E-state index in [1.165, 1.54) is 12.1 Å². The van der Waals surface area contributed by atoms with Gasteiger partial charge in [-0.25, -0.2) is 9.49 Å². The Kier molecular flexibility index (Phi) is 5.69. The predicted molar refractivity (Wildman–Crippen MR) is 136 cm³/mol. The van der Waals surface area contributed by atoms with Crippen LogP contribution < -0.4 is 5.56 Å². The molecule has 5 aromatic rings. The number of H-pyrrole nitrogens is 1. The van der Waals surface area contributed by atoms with Gasteiger partial charge in [0.1, 0.15) is 11.4 Å². The summed E-state index contributed by atoms with van der Waals surface area (Å²) in [6.45, 7) is 0.582. The van der Waals surface area contributed by atoms with Gasteiger partial charge in [-0.1, -0.05) is 65.8 Å². The molecule has 182 valence electrons. The second-order valence-electron chi connectivity index (χ2n) is 8.80. The number of rotatable bonds is 4. The van der Waals surface area contributed by atoms with E-state index in [0.29, 0.717) is 35.5 Å². The number of hydrogen-bond donors (Lipinski definition) is 1. The van der Waals surface area contributed by atoms with Crippen molar-refractivity contribution < 1.29 is 13.7 Å². The van der Waals surface area contributed by atoms with Crippen LogP contribution in [0.15, 0.2) is 94.2 Å². The van der Waals surface area contributed by atoms with Gasteiger partial charge in [0.2, 0.25) is 0 Å². The third-order valence-electron chi connectivity index (χ3n) is 6.54. The number of aromatic nitrogens is 3. The predicted octanol–water partition coefficient (Wildman–Crippen LogP) is 5.10. The molecule has 0 atom stereocenters. The third-order valence-corrected chi connectivity index (χ3v) is 6.54. The van der Waals surface area contributed by atoms with Crippen molar-refractivity contribution in [3.8, 4) is 33.7 Å². The highest BCUT2D eigenvalue weighted by atomic mass is 19.1. The molecule has 1 amide bonds. The summed E-state index contributed by atoms with van der Waals surface area (Å²) in [6, 6.07) is 24.7. The molecule has 6 rings (SSSR count). The molecular weight excluding hydrogens is 471 g/mol. The van der Waals surface area contributed by atoms with Gasteiger partial charge in [0.15, 0.2) is 5.76 Å². The van der Waals surface area contributed by atoms with Crippen LogP contribution in [0.5, 0.6) is 0 Å². The van der Waals surface area contributed by atoms with E-state index in [4.69, 9.17) is 4.52 Å². The zero-order chi connectivity index (χ0) is 25.4. The van der Waals surface area contributed by atoms with E-state index >= 15 is 0 Å². The number of nitrogens with zero attached hydrogens (tertiary/aromatic N) is 3. The molecule has 2 aromatic heterocycles. The maximum Gasteiger partial charge on any atom is 0.277 e. The van der Waals surface area contributed by atoms with Crippen molar-refractivity contribution in [1.29, 1.82) is 0 Å². The lowest BCUT2D eigenvalue weighted by atomic mass is 9.94. The summed E-state index contributed by atoms with van der Waals surface area (Å²) in [6.07, 6.45) is 0.473. The normalized spacial score (nSPS) is 12.8. The van der Waals surface area contributed by atoms with Gasteiger partial charge in [0.25, 0.3) is 11.5 Å². The van der Waals surface area contributed by atoms with E-state index in [1.54, 1.807) is 17.0 Å². The SMILES string of the molecule is O=C(c1c(-c2ccccc2)c(-c2ccccc2)n[nH]c1=O)N1CCc2noc(-c3ccc(F)cc3)c2C1. The van der Waals surface area contributed by atoms with Crippen LogP contribution in [0.1, 0.15) is 21.6 Å². The molecule has 1 N–H and O–H groups in total. The van der Waals surface area contributed by atoms with Crippen molar-refractivity contribution in [3.05, 3.63) is 118 Å². The summed E-state index contributed by atoms with van der Waals surface area (Å²) < 4.78 is 19.0. The van der Waals surface area contributed by atoms with Crippen LogP contribution in [0.3, 0.4) is 0 Å². The average Bonchev–Trinajstić information content (AvgIpc) is 3.37. The summed E-state index contributed by atoms with van der Waals surface area (Å²) >= 11 is 0. The fraction of sp³-hybridized carbons (Fsp3) is 0.103. The number of nitrogens with one attached hydrogen (secondary N) is 1. The zero-order valence-electron chi connectivity index (χ0n) is 19.6. The van der Waals surface area contributed by atoms with Crippen LogP contribution in [0.2, 0.25) is 0 Å². The molecule has 3 aromatic carbocycles.